The molecule has 0 bridgehead atoms. The van der Waals surface area contributed by atoms with Gasteiger partial charge in [-0.2, -0.15) is 11.8 Å². The molecular formula is C13H21NO3S. The molecule has 3 rings (SSSR count). The molecule has 1 N–H and O–H groups in total. The van der Waals surface area contributed by atoms with Crippen molar-refractivity contribution in [3.8, 4) is 0 Å². The molecule has 0 aromatic carbocycles. The van der Waals surface area contributed by atoms with E-state index in [9.17, 15) is 9.90 Å². The normalized spacial score (nSPS) is 37.9. The molecule has 3 saturated heterocycles. The van der Waals surface area contributed by atoms with Crippen molar-refractivity contribution in [2.45, 2.75) is 50.5 Å². The van der Waals surface area contributed by atoms with Crippen LogP contribution in [0.5, 0.6) is 0 Å². The van der Waals surface area contributed by atoms with Crippen molar-refractivity contribution < 1.29 is 14.6 Å². The molecule has 0 aromatic rings. The van der Waals surface area contributed by atoms with Crippen LogP contribution < -0.4 is 0 Å². The number of amides is 1. The molecule has 2 atom stereocenters. The van der Waals surface area contributed by atoms with E-state index in [2.05, 4.69) is 0 Å². The molecule has 0 spiro atoms. The van der Waals surface area contributed by atoms with Gasteiger partial charge in [0.15, 0.2) is 0 Å². The van der Waals surface area contributed by atoms with E-state index in [1.807, 2.05) is 30.5 Å². The van der Waals surface area contributed by atoms with E-state index in [0.29, 0.717) is 6.61 Å². The lowest BCUT2D eigenvalue weighted by molar-refractivity contribution is -0.251. The Morgan fingerprint density at radius 1 is 1.39 bits per heavy atom. The summed E-state index contributed by atoms with van der Waals surface area (Å²) in [5.74, 6) is 1.82. The fourth-order valence-electron chi connectivity index (χ4n) is 3.63. The van der Waals surface area contributed by atoms with Crippen molar-refractivity contribution in [1.82, 2.24) is 4.90 Å². The first-order chi connectivity index (χ1) is 8.46. The molecule has 0 aliphatic carbocycles. The molecule has 4 nitrogen and oxygen atoms in total. The molecule has 1 amide bonds. The van der Waals surface area contributed by atoms with Gasteiger partial charge in [0.25, 0.3) is 0 Å². The number of hydrogen-bond donors (Lipinski definition) is 1. The Labute approximate surface area is 112 Å². The molecule has 3 fully saturated rings. The Morgan fingerprint density at radius 3 is 2.72 bits per heavy atom. The maximum Gasteiger partial charge on any atom is 0.233 e. The summed E-state index contributed by atoms with van der Waals surface area (Å²) in [5.41, 5.74) is -1.27. The average Bonchev–Trinajstić information content (AvgIpc) is 2.27. The van der Waals surface area contributed by atoms with Crippen LogP contribution in [0.1, 0.15) is 33.1 Å². The minimum atomic E-state index is -0.767. The number of ether oxygens (including phenoxy) is 1. The van der Waals surface area contributed by atoms with E-state index in [-0.39, 0.29) is 17.9 Å². The highest BCUT2D eigenvalue weighted by Gasteiger charge is 2.62. The zero-order chi connectivity index (χ0) is 13.0. The number of nitrogens with zero attached hydrogens (tertiary/aromatic N) is 1. The van der Waals surface area contributed by atoms with Crippen LogP contribution in [-0.4, -0.2) is 51.4 Å². The lowest BCUT2D eigenvalue weighted by Crippen LogP contribution is -2.76. The molecule has 3 aliphatic heterocycles. The number of β-lactam (4-membered cyclic amide) rings is 1. The summed E-state index contributed by atoms with van der Waals surface area (Å²) in [5, 5.41) is 10.8. The average molecular weight is 271 g/mol. The minimum absolute atomic E-state index is 0.0825. The summed E-state index contributed by atoms with van der Waals surface area (Å²) in [6, 6.07) is 0.175. The second kappa shape index (κ2) is 4.12. The number of fused-ring (bicyclic) bond motifs is 1. The van der Waals surface area contributed by atoms with Crippen LogP contribution in [0.2, 0.25) is 0 Å². The van der Waals surface area contributed by atoms with Crippen LogP contribution >= 0.6 is 11.8 Å². The molecule has 0 saturated carbocycles. The second-order valence-corrected chi connectivity index (χ2v) is 7.28. The van der Waals surface area contributed by atoms with Gasteiger partial charge < -0.3 is 14.7 Å². The van der Waals surface area contributed by atoms with Crippen LogP contribution in [0, 0.1) is 5.92 Å². The Bertz CT molecular complexity index is 365. The Kier molecular flexibility index (Phi) is 2.92. The Morgan fingerprint density at radius 2 is 2.06 bits per heavy atom. The lowest BCUT2D eigenvalue weighted by Gasteiger charge is -2.61. The zero-order valence-corrected chi connectivity index (χ0v) is 11.8. The summed E-state index contributed by atoms with van der Waals surface area (Å²) in [4.78, 5) is 14.2. The largest absolute Gasteiger partial charge is 0.389 e. The lowest BCUT2D eigenvalue weighted by atomic mass is 9.69. The first-order valence-electron chi connectivity index (χ1n) is 6.73. The number of carbonyl (C=O) groups excluding carboxylic acids is 1. The third-order valence-electron chi connectivity index (χ3n) is 4.61. The molecule has 0 radical (unpaired) electrons. The highest BCUT2D eigenvalue weighted by molar-refractivity contribution is 7.99. The van der Waals surface area contributed by atoms with Crippen molar-refractivity contribution in [3.05, 3.63) is 0 Å². The van der Waals surface area contributed by atoms with Crippen molar-refractivity contribution in [3.63, 3.8) is 0 Å². The van der Waals surface area contributed by atoms with Crippen LogP contribution in [0.3, 0.4) is 0 Å². The first-order valence-corrected chi connectivity index (χ1v) is 7.88. The van der Waals surface area contributed by atoms with Gasteiger partial charge in [0.1, 0.15) is 5.72 Å². The number of thioether (sulfide) groups is 1. The summed E-state index contributed by atoms with van der Waals surface area (Å²) in [6.45, 7) is 4.56. The van der Waals surface area contributed by atoms with Crippen molar-refractivity contribution >= 4 is 17.7 Å². The monoisotopic (exact) mass is 271 g/mol. The highest BCUT2D eigenvalue weighted by Crippen LogP contribution is 2.48. The van der Waals surface area contributed by atoms with Gasteiger partial charge in [0.05, 0.1) is 24.2 Å². The quantitative estimate of drug-likeness (QED) is 0.729. The molecule has 3 aliphatic rings. The topological polar surface area (TPSA) is 49.8 Å². The van der Waals surface area contributed by atoms with Crippen molar-refractivity contribution in [1.29, 1.82) is 0 Å². The van der Waals surface area contributed by atoms with Gasteiger partial charge in [0, 0.05) is 0 Å². The predicted octanol–water partition coefficient (Wildman–Crippen LogP) is 1.23. The van der Waals surface area contributed by atoms with Gasteiger partial charge in [0.2, 0.25) is 5.91 Å². The smallest absolute Gasteiger partial charge is 0.233 e. The maximum atomic E-state index is 12.4. The van der Waals surface area contributed by atoms with Crippen LogP contribution in [0.4, 0.5) is 0 Å². The molecule has 18 heavy (non-hydrogen) atoms. The fourth-order valence-corrected chi connectivity index (χ4v) is 4.83. The first kappa shape index (κ1) is 12.8. The van der Waals surface area contributed by atoms with E-state index in [4.69, 9.17) is 4.74 Å². The van der Waals surface area contributed by atoms with Gasteiger partial charge in [-0.3, -0.25) is 4.79 Å². The molecular weight excluding hydrogens is 250 g/mol. The van der Waals surface area contributed by atoms with Crippen LogP contribution in [0.25, 0.3) is 0 Å². The van der Waals surface area contributed by atoms with E-state index in [1.165, 1.54) is 0 Å². The van der Waals surface area contributed by atoms with Gasteiger partial charge in [-0.15, -0.1) is 0 Å². The zero-order valence-electron chi connectivity index (χ0n) is 11.0. The predicted molar refractivity (Wildman–Crippen MR) is 70.3 cm³/mol. The third-order valence-corrected chi connectivity index (χ3v) is 5.59. The molecule has 102 valence electrons. The van der Waals surface area contributed by atoms with E-state index < -0.39 is 11.3 Å². The molecule has 0 aromatic heterocycles. The van der Waals surface area contributed by atoms with Gasteiger partial charge >= 0.3 is 0 Å². The molecule has 3 heterocycles. The molecule has 2 unspecified atom stereocenters. The SMILES string of the molecule is CC1(C)OCCC2C(C3(O)CCSCC3)C(=O)N21. The number of hydrogen-bond acceptors (Lipinski definition) is 4. The minimum Gasteiger partial charge on any atom is -0.389 e. The Hall–Kier alpha value is -0.260. The number of rotatable bonds is 1. The van der Waals surface area contributed by atoms with Crippen molar-refractivity contribution in [2.75, 3.05) is 18.1 Å². The number of aliphatic hydroxyl groups is 1. The molecule has 5 heteroatoms. The fraction of sp³-hybridized carbons (Fsp3) is 0.923. The van der Waals surface area contributed by atoms with Crippen molar-refractivity contribution in [2.24, 2.45) is 5.92 Å². The summed E-state index contributed by atoms with van der Waals surface area (Å²) < 4.78 is 5.66. The van der Waals surface area contributed by atoms with Gasteiger partial charge in [-0.25, -0.2) is 0 Å². The Balaban J connectivity index is 1.81. The summed E-state index contributed by atoms with van der Waals surface area (Å²) in [6.07, 6.45) is 2.36. The van der Waals surface area contributed by atoms with Crippen LogP contribution in [-0.2, 0) is 9.53 Å². The van der Waals surface area contributed by atoms with E-state index >= 15 is 0 Å². The van der Waals surface area contributed by atoms with E-state index in [1.54, 1.807) is 0 Å². The standard InChI is InChI=1S/C13H21NO3S/c1-12(2)14-9(3-6-17-12)10(11(14)15)13(16)4-7-18-8-5-13/h9-10,16H,3-8H2,1-2H3. The van der Waals surface area contributed by atoms with E-state index in [0.717, 1.165) is 30.8 Å². The third kappa shape index (κ3) is 1.71. The highest BCUT2D eigenvalue weighted by atomic mass is 32.2. The van der Waals surface area contributed by atoms with Crippen LogP contribution in [0.15, 0.2) is 0 Å². The van der Waals surface area contributed by atoms with Gasteiger partial charge in [-0.05, 0) is 44.6 Å². The number of carbonyl (C=O) groups is 1. The summed E-state index contributed by atoms with van der Waals surface area (Å²) in [7, 11) is 0. The second-order valence-electron chi connectivity index (χ2n) is 6.05. The summed E-state index contributed by atoms with van der Waals surface area (Å²) >= 11 is 1.87. The van der Waals surface area contributed by atoms with Gasteiger partial charge in [-0.1, -0.05) is 0 Å². The maximum absolute atomic E-state index is 12.4.